The number of hydrogen-bond acceptors (Lipinski definition) is 3. The standard InChI is InChI=1S/C9H20ClNO2S/c1-3-8-14(12,13)9-7-11(4-2)6-5-10/h3-9H2,1-2H3. The molecule has 0 fully saturated rings. The Morgan fingerprint density at radius 2 is 1.79 bits per heavy atom. The van der Waals surface area contributed by atoms with Gasteiger partial charge in [-0.3, -0.25) is 0 Å². The maximum absolute atomic E-state index is 11.4. The highest BCUT2D eigenvalue weighted by Crippen LogP contribution is 1.97. The second-order valence-corrected chi connectivity index (χ2v) is 5.96. The summed E-state index contributed by atoms with van der Waals surface area (Å²) < 4.78 is 22.8. The molecule has 0 radical (unpaired) electrons. The van der Waals surface area contributed by atoms with Gasteiger partial charge in [-0.1, -0.05) is 13.8 Å². The van der Waals surface area contributed by atoms with Gasteiger partial charge in [0.2, 0.25) is 0 Å². The first-order chi connectivity index (χ1) is 6.55. The van der Waals surface area contributed by atoms with Crippen LogP contribution in [0, 0.1) is 0 Å². The molecule has 0 aromatic heterocycles. The molecule has 0 aromatic carbocycles. The zero-order chi connectivity index (χ0) is 11.0. The highest BCUT2D eigenvalue weighted by molar-refractivity contribution is 7.91. The lowest BCUT2D eigenvalue weighted by Crippen LogP contribution is -2.31. The average molecular weight is 242 g/mol. The quantitative estimate of drug-likeness (QED) is 0.603. The smallest absolute Gasteiger partial charge is 0.151 e. The highest BCUT2D eigenvalue weighted by Gasteiger charge is 2.11. The molecule has 0 spiro atoms. The lowest BCUT2D eigenvalue weighted by atomic mass is 10.5. The zero-order valence-electron chi connectivity index (χ0n) is 9.00. The molecule has 0 heterocycles. The summed E-state index contributed by atoms with van der Waals surface area (Å²) >= 11 is 5.60. The maximum atomic E-state index is 11.4. The molecule has 0 amide bonds. The van der Waals surface area contributed by atoms with Gasteiger partial charge in [0.25, 0.3) is 0 Å². The molecule has 14 heavy (non-hydrogen) atoms. The monoisotopic (exact) mass is 241 g/mol. The van der Waals surface area contributed by atoms with Gasteiger partial charge in [0.1, 0.15) is 0 Å². The summed E-state index contributed by atoms with van der Waals surface area (Å²) in [4.78, 5) is 2.06. The SMILES string of the molecule is CCCS(=O)(=O)CCN(CC)CCCl. The molecule has 0 saturated carbocycles. The third kappa shape index (κ3) is 6.62. The Morgan fingerprint density at radius 3 is 2.21 bits per heavy atom. The third-order valence-electron chi connectivity index (χ3n) is 2.08. The summed E-state index contributed by atoms with van der Waals surface area (Å²) in [5.41, 5.74) is 0. The first kappa shape index (κ1) is 14.2. The van der Waals surface area contributed by atoms with Gasteiger partial charge < -0.3 is 4.90 Å². The van der Waals surface area contributed by atoms with E-state index in [2.05, 4.69) is 4.90 Å². The van der Waals surface area contributed by atoms with Crippen molar-refractivity contribution in [3.63, 3.8) is 0 Å². The van der Waals surface area contributed by atoms with Crippen LogP contribution >= 0.6 is 11.6 Å². The van der Waals surface area contributed by atoms with Crippen LogP contribution < -0.4 is 0 Å². The summed E-state index contributed by atoms with van der Waals surface area (Å²) in [6, 6.07) is 0. The van der Waals surface area contributed by atoms with Gasteiger partial charge in [0, 0.05) is 24.7 Å². The van der Waals surface area contributed by atoms with Gasteiger partial charge in [-0.25, -0.2) is 8.42 Å². The Balaban J connectivity index is 3.89. The van der Waals surface area contributed by atoms with E-state index in [0.29, 0.717) is 24.6 Å². The summed E-state index contributed by atoms with van der Waals surface area (Å²) in [7, 11) is -2.84. The molecule has 0 aromatic rings. The van der Waals surface area contributed by atoms with Gasteiger partial charge in [-0.05, 0) is 13.0 Å². The number of nitrogens with zero attached hydrogens (tertiary/aromatic N) is 1. The number of rotatable bonds is 8. The van der Waals surface area contributed by atoms with Crippen LogP contribution in [0.15, 0.2) is 0 Å². The largest absolute Gasteiger partial charge is 0.301 e. The van der Waals surface area contributed by atoms with E-state index in [1.807, 2.05) is 13.8 Å². The predicted octanol–water partition coefficient (Wildman–Crippen LogP) is 1.37. The molecule has 0 bridgehead atoms. The van der Waals surface area contributed by atoms with Crippen molar-refractivity contribution in [2.75, 3.05) is 37.0 Å². The molecule has 0 aliphatic heterocycles. The van der Waals surface area contributed by atoms with Crippen molar-refractivity contribution >= 4 is 21.4 Å². The van der Waals surface area contributed by atoms with Gasteiger partial charge in [-0.2, -0.15) is 0 Å². The van der Waals surface area contributed by atoms with Crippen molar-refractivity contribution in [1.82, 2.24) is 4.90 Å². The van der Waals surface area contributed by atoms with Crippen LogP contribution in [-0.4, -0.2) is 50.3 Å². The van der Waals surface area contributed by atoms with Crippen molar-refractivity contribution < 1.29 is 8.42 Å². The van der Waals surface area contributed by atoms with E-state index in [9.17, 15) is 8.42 Å². The minimum atomic E-state index is -2.84. The minimum Gasteiger partial charge on any atom is -0.301 e. The number of sulfone groups is 1. The first-order valence-corrected chi connectivity index (χ1v) is 7.40. The second-order valence-electron chi connectivity index (χ2n) is 3.28. The zero-order valence-corrected chi connectivity index (χ0v) is 10.6. The Hall–Kier alpha value is 0.200. The van der Waals surface area contributed by atoms with Gasteiger partial charge in [0.15, 0.2) is 9.84 Å². The topological polar surface area (TPSA) is 37.4 Å². The predicted molar refractivity (Wildman–Crippen MR) is 61.8 cm³/mol. The molecule has 0 aliphatic carbocycles. The fourth-order valence-electron chi connectivity index (χ4n) is 1.23. The van der Waals surface area contributed by atoms with E-state index in [0.717, 1.165) is 13.1 Å². The number of alkyl halides is 1. The van der Waals surface area contributed by atoms with Crippen molar-refractivity contribution in [3.8, 4) is 0 Å². The van der Waals surface area contributed by atoms with Crippen LogP contribution in [0.3, 0.4) is 0 Å². The highest BCUT2D eigenvalue weighted by atomic mass is 35.5. The molecule has 0 saturated heterocycles. The molecule has 3 nitrogen and oxygen atoms in total. The van der Waals surface area contributed by atoms with Crippen LogP contribution in [0.25, 0.3) is 0 Å². The Bertz CT molecular complexity index is 229. The first-order valence-electron chi connectivity index (χ1n) is 5.04. The molecule has 0 atom stereocenters. The Labute approximate surface area is 92.3 Å². The van der Waals surface area contributed by atoms with Crippen LogP contribution in [-0.2, 0) is 9.84 Å². The summed E-state index contributed by atoms with van der Waals surface area (Å²) in [6.07, 6.45) is 0.698. The summed E-state index contributed by atoms with van der Waals surface area (Å²) in [5.74, 6) is 1.11. The maximum Gasteiger partial charge on any atom is 0.151 e. The van der Waals surface area contributed by atoms with Crippen molar-refractivity contribution in [3.05, 3.63) is 0 Å². The van der Waals surface area contributed by atoms with Crippen molar-refractivity contribution in [2.45, 2.75) is 20.3 Å². The molecule has 0 rings (SSSR count). The second kappa shape index (κ2) is 7.49. The number of hydrogen-bond donors (Lipinski definition) is 0. The van der Waals surface area contributed by atoms with Crippen LogP contribution in [0.1, 0.15) is 20.3 Å². The minimum absolute atomic E-state index is 0.256. The lowest BCUT2D eigenvalue weighted by Gasteiger charge is -2.18. The number of halogens is 1. The van der Waals surface area contributed by atoms with E-state index in [1.165, 1.54) is 0 Å². The molecule has 86 valence electrons. The van der Waals surface area contributed by atoms with E-state index >= 15 is 0 Å². The van der Waals surface area contributed by atoms with Gasteiger partial charge in [-0.15, -0.1) is 11.6 Å². The molecular weight excluding hydrogens is 222 g/mol. The summed E-state index contributed by atoms with van der Waals surface area (Å²) in [5, 5.41) is 0. The summed E-state index contributed by atoms with van der Waals surface area (Å²) in [6.45, 7) is 6.12. The Morgan fingerprint density at radius 1 is 1.14 bits per heavy atom. The van der Waals surface area contributed by atoms with Crippen molar-refractivity contribution in [1.29, 1.82) is 0 Å². The molecule has 0 aliphatic rings. The van der Waals surface area contributed by atoms with Crippen molar-refractivity contribution in [2.24, 2.45) is 0 Å². The molecular formula is C9H20ClNO2S. The normalized spacial score (nSPS) is 12.3. The molecule has 0 N–H and O–H groups in total. The van der Waals surface area contributed by atoms with Gasteiger partial charge in [0.05, 0.1) is 5.75 Å². The van der Waals surface area contributed by atoms with E-state index in [1.54, 1.807) is 0 Å². The van der Waals surface area contributed by atoms with Crippen LogP contribution in [0.5, 0.6) is 0 Å². The van der Waals surface area contributed by atoms with Crippen LogP contribution in [0.2, 0.25) is 0 Å². The third-order valence-corrected chi connectivity index (χ3v) is 4.09. The van der Waals surface area contributed by atoms with E-state index < -0.39 is 9.84 Å². The fourth-order valence-corrected chi connectivity index (χ4v) is 2.83. The van der Waals surface area contributed by atoms with E-state index in [-0.39, 0.29) is 5.75 Å². The average Bonchev–Trinajstić information content (AvgIpc) is 2.12. The van der Waals surface area contributed by atoms with E-state index in [4.69, 9.17) is 11.6 Å². The fraction of sp³-hybridized carbons (Fsp3) is 1.00. The molecule has 0 unspecified atom stereocenters. The van der Waals surface area contributed by atoms with Gasteiger partial charge >= 0.3 is 0 Å². The molecule has 5 heteroatoms. The van der Waals surface area contributed by atoms with Crippen LogP contribution in [0.4, 0.5) is 0 Å². The Kier molecular flexibility index (Phi) is 7.59. The lowest BCUT2D eigenvalue weighted by molar-refractivity contribution is 0.323.